The molecule has 2 rings (SSSR count). The summed E-state index contributed by atoms with van der Waals surface area (Å²) in [7, 11) is 0. The van der Waals surface area contributed by atoms with E-state index in [0.29, 0.717) is 6.42 Å². The first kappa shape index (κ1) is 10.9. The SMILES string of the molecule is N#CCn1cc(CCO)c(-c2ccsc2)n1. The van der Waals surface area contributed by atoms with Crippen LogP contribution in [0.2, 0.25) is 0 Å². The van der Waals surface area contributed by atoms with Gasteiger partial charge in [0.25, 0.3) is 0 Å². The molecule has 2 aromatic rings. The van der Waals surface area contributed by atoms with Gasteiger partial charge in [0.2, 0.25) is 0 Å². The van der Waals surface area contributed by atoms with Crippen molar-refractivity contribution >= 4 is 11.3 Å². The van der Waals surface area contributed by atoms with Gasteiger partial charge in [-0.3, -0.25) is 4.68 Å². The predicted octanol–water partition coefficient (Wildman–Crippen LogP) is 1.67. The van der Waals surface area contributed by atoms with Crippen molar-refractivity contribution < 1.29 is 5.11 Å². The second kappa shape index (κ2) is 4.92. The lowest BCUT2D eigenvalue weighted by atomic mass is 10.1. The molecule has 0 aromatic carbocycles. The average molecular weight is 233 g/mol. The monoisotopic (exact) mass is 233 g/mol. The van der Waals surface area contributed by atoms with Crippen LogP contribution < -0.4 is 0 Å². The molecule has 2 aromatic heterocycles. The van der Waals surface area contributed by atoms with Crippen molar-refractivity contribution in [1.29, 1.82) is 5.26 Å². The number of nitriles is 1. The fraction of sp³-hybridized carbons (Fsp3) is 0.273. The molecule has 0 unspecified atom stereocenters. The highest BCUT2D eigenvalue weighted by atomic mass is 32.1. The molecule has 0 radical (unpaired) electrons. The first-order valence-corrected chi connectivity index (χ1v) is 5.86. The summed E-state index contributed by atoms with van der Waals surface area (Å²) in [6, 6.07) is 4.04. The normalized spacial score (nSPS) is 10.2. The Balaban J connectivity index is 2.38. The highest BCUT2D eigenvalue weighted by molar-refractivity contribution is 7.08. The Kier molecular flexibility index (Phi) is 3.34. The van der Waals surface area contributed by atoms with Gasteiger partial charge in [-0.1, -0.05) is 0 Å². The summed E-state index contributed by atoms with van der Waals surface area (Å²) in [5.74, 6) is 0. The number of hydrogen-bond acceptors (Lipinski definition) is 4. The van der Waals surface area contributed by atoms with Gasteiger partial charge in [-0.05, 0) is 17.9 Å². The summed E-state index contributed by atoms with van der Waals surface area (Å²) in [5.41, 5.74) is 2.90. The Morgan fingerprint density at radius 2 is 2.44 bits per heavy atom. The van der Waals surface area contributed by atoms with E-state index in [9.17, 15) is 0 Å². The standard InChI is InChI=1S/C11H11N3OS/c12-3-4-14-7-9(1-5-15)11(13-14)10-2-6-16-8-10/h2,6-8,15H,1,4-5H2. The van der Waals surface area contributed by atoms with E-state index in [1.165, 1.54) is 0 Å². The Hall–Kier alpha value is -1.64. The maximum Gasteiger partial charge on any atom is 0.128 e. The average Bonchev–Trinajstić information content (AvgIpc) is 2.87. The molecule has 4 nitrogen and oxygen atoms in total. The van der Waals surface area contributed by atoms with Crippen LogP contribution in [0.15, 0.2) is 23.0 Å². The number of aromatic nitrogens is 2. The lowest BCUT2D eigenvalue weighted by Crippen LogP contribution is -1.95. The van der Waals surface area contributed by atoms with Crippen LogP contribution in [-0.4, -0.2) is 21.5 Å². The molecule has 0 saturated carbocycles. The number of nitrogens with zero attached hydrogens (tertiary/aromatic N) is 3. The van der Waals surface area contributed by atoms with Crippen molar-refractivity contribution in [3.05, 3.63) is 28.6 Å². The molecule has 82 valence electrons. The lowest BCUT2D eigenvalue weighted by molar-refractivity contribution is 0.299. The Bertz CT molecular complexity index is 496. The fourth-order valence-corrected chi connectivity index (χ4v) is 2.20. The molecular weight excluding hydrogens is 222 g/mol. The molecular formula is C11H11N3OS. The Morgan fingerprint density at radius 3 is 3.06 bits per heavy atom. The molecule has 5 heteroatoms. The summed E-state index contributed by atoms with van der Waals surface area (Å²) in [4.78, 5) is 0. The molecule has 0 bridgehead atoms. The molecule has 2 heterocycles. The van der Waals surface area contributed by atoms with Gasteiger partial charge in [0.1, 0.15) is 6.54 Å². The topological polar surface area (TPSA) is 61.8 Å². The van der Waals surface area contributed by atoms with Crippen LogP contribution in [0.25, 0.3) is 11.3 Å². The van der Waals surface area contributed by atoms with E-state index in [1.807, 2.05) is 23.0 Å². The quantitative estimate of drug-likeness (QED) is 0.873. The van der Waals surface area contributed by atoms with Crippen molar-refractivity contribution in [1.82, 2.24) is 9.78 Å². The van der Waals surface area contributed by atoms with Crippen molar-refractivity contribution in [2.45, 2.75) is 13.0 Å². The van der Waals surface area contributed by atoms with Crippen LogP contribution in [0, 0.1) is 11.3 Å². The molecule has 1 N–H and O–H groups in total. The minimum Gasteiger partial charge on any atom is -0.396 e. The van der Waals surface area contributed by atoms with Gasteiger partial charge >= 0.3 is 0 Å². The van der Waals surface area contributed by atoms with Gasteiger partial charge < -0.3 is 5.11 Å². The van der Waals surface area contributed by atoms with E-state index < -0.39 is 0 Å². The van der Waals surface area contributed by atoms with Crippen LogP contribution in [0.5, 0.6) is 0 Å². The first-order valence-electron chi connectivity index (χ1n) is 4.92. The summed E-state index contributed by atoms with van der Waals surface area (Å²) < 4.78 is 1.61. The number of thiophene rings is 1. The molecule has 0 atom stereocenters. The molecule has 0 saturated heterocycles. The van der Waals surface area contributed by atoms with Crippen LogP contribution >= 0.6 is 11.3 Å². The van der Waals surface area contributed by atoms with E-state index in [0.717, 1.165) is 16.8 Å². The summed E-state index contributed by atoms with van der Waals surface area (Å²) in [6.45, 7) is 0.331. The van der Waals surface area contributed by atoms with Crippen molar-refractivity contribution in [2.75, 3.05) is 6.61 Å². The Morgan fingerprint density at radius 1 is 1.56 bits per heavy atom. The third-order valence-electron chi connectivity index (χ3n) is 2.25. The zero-order valence-corrected chi connectivity index (χ0v) is 9.44. The smallest absolute Gasteiger partial charge is 0.128 e. The van der Waals surface area contributed by atoms with E-state index >= 15 is 0 Å². The van der Waals surface area contributed by atoms with Crippen LogP contribution in [0.1, 0.15) is 5.56 Å². The molecule has 0 aliphatic rings. The zero-order valence-electron chi connectivity index (χ0n) is 8.63. The number of aliphatic hydroxyl groups excluding tert-OH is 1. The van der Waals surface area contributed by atoms with E-state index in [2.05, 4.69) is 11.2 Å². The fourth-order valence-electron chi connectivity index (χ4n) is 1.56. The van der Waals surface area contributed by atoms with Gasteiger partial charge in [-0.2, -0.15) is 21.7 Å². The Labute approximate surface area is 97.4 Å². The predicted molar refractivity (Wildman–Crippen MR) is 61.9 cm³/mol. The van der Waals surface area contributed by atoms with Gasteiger partial charge in [0.15, 0.2) is 0 Å². The highest BCUT2D eigenvalue weighted by Gasteiger charge is 2.10. The second-order valence-corrected chi connectivity index (χ2v) is 4.12. The van der Waals surface area contributed by atoms with Crippen LogP contribution in [-0.2, 0) is 13.0 Å². The number of aliphatic hydroxyl groups is 1. The van der Waals surface area contributed by atoms with Gasteiger partial charge in [0, 0.05) is 29.3 Å². The third kappa shape index (κ3) is 2.13. The second-order valence-electron chi connectivity index (χ2n) is 3.34. The third-order valence-corrected chi connectivity index (χ3v) is 2.93. The van der Waals surface area contributed by atoms with E-state index in [4.69, 9.17) is 10.4 Å². The first-order chi connectivity index (χ1) is 7.85. The van der Waals surface area contributed by atoms with Crippen molar-refractivity contribution in [3.63, 3.8) is 0 Å². The zero-order chi connectivity index (χ0) is 11.4. The van der Waals surface area contributed by atoms with Crippen LogP contribution in [0.4, 0.5) is 0 Å². The highest BCUT2D eigenvalue weighted by Crippen LogP contribution is 2.24. The molecule has 0 amide bonds. The molecule has 0 aliphatic carbocycles. The summed E-state index contributed by atoms with van der Waals surface area (Å²) in [6.07, 6.45) is 2.39. The number of rotatable bonds is 4. The minimum absolute atomic E-state index is 0.0926. The van der Waals surface area contributed by atoms with Crippen molar-refractivity contribution in [2.24, 2.45) is 0 Å². The maximum absolute atomic E-state index is 8.98. The summed E-state index contributed by atoms with van der Waals surface area (Å²) >= 11 is 1.61. The molecule has 0 spiro atoms. The van der Waals surface area contributed by atoms with E-state index in [1.54, 1.807) is 16.0 Å². The van der Waals surface area contributed by atoms with E-state index in [-0.39, 0.29) is 13.2 Å². The lowest BCUT2D eigenvalue weighted by Gasteiger charge is -1.96. The maximum atomic E-state index is 8.98. The molecule has 0 fully saturated rings. The van der Waals surface area contributed by atoms with Gasteiger partial charge in [0.05, 0.1) is 11.8 Å². The number of hydrogen-bond donors (Lipinski definition) is 1. The van der Waals surface area contributed by atoms with Crippen LogP contribution in [0.3, 0.4) is 0 Å². The molecule has 16 heavy (non-hydrogen) atoms. The minimum atomic E-state index is 0.0926. The van der Waals surface area contributed by atoms with Gasteiger partial charge in [-0.25, -0.2) is 0 Å². The molecule has 0 aliphatic heterocycles. The van der Waals surface area contributed by atoms with Gasteiger partial charge in [-0.15, -0.1) is 0 Å². The van der Waals surface area contributed by atoms with Crippen molar-refractivity contribution in [3.8, 4) is 17.3 Å². The largest absolute Gasteiger partial charge is 0.396 e. The summed E-state index contributed by atoms with van der Waals surface area (Å²) in [5, 5.41) is 26.0.